The van der Waals surface area contributed by atoms with Gasteiger partial charge in [0, 0.05) is 0 Å². The predicted octanol–water partition coefficient (Wildman–Crippen LogP) is 2.03. The van der Waals surface area contributed by atoms with Gasteiger partial charge in [-0.1, -0.05) is 18.2 Å². The molecule has 22 heavy (non-hydrogen) atoms. The third kappa shape index (κ3) is 3.85. The summed E-state index contributed by atoms with van der Waals surface area (Å²) >= 11 is 0. The summed E-state index contributed by atoms with van der Waals surface area (Å²) in [7, 11) is 0. The molecule has 2 atom stereocenters. The fraction of sp³-hybridized carbons (Fsp3) is 0.529. The molecule has 1 amide bonds. The monoisotopic (exact) mass is 304 g/mol. The van der Waals surface area contributed by atoms with Crippen molar-refractivity contribution in [1.29, 1.82) is 0 Å². The lowest BCUT2D eigenvalue weighted by Crippen LogP contribution is -2.43. The summed E-state index contributed by atoms with van der Waals surface area (Å²) in [5.41, 5.74) is 3.49. The minimum atomic E-state index is -0.840. The molecule has 1 aromatic carbocycles. The molecule has 1 saturated heterocycles. The summed E-state index contributed by atoms with van der Waals surface area (Å²) in [6.45, 7) is 6.87. The molecule has 0 bridgehead atoms. The fourth-order valence-electron chi connectivity index (χ4n) is 2.88. The Hall–Kier alpha value is -1.88. The van der Waals surface area contributed by atoms with E-state index in [2.05, 4.69) is 25.2 Å². The number of hydrogen-bond donors (Lipinski definition) is 2. The van der Waals surface area contributed by atoms with E-state index in [0.29, 0.717) is 13.0 Å². The van der Waals surface area contributed by atoms with Gasteiger partial charge in [-0.15, -0.1) is 0 Å². The van der Waals surface area contributed by atoms with Gasteiger partial charge in [-0.05, 0) is 56.8 Å². The Morgan fingerprint density at radius 2 is 2.09 bits per heavy atom. The van der Waals surface area contributed by atoms with Crippen LogP contribution >= 0.6 is 0 Å². The van der Waals surface area contributed by atoms with Crippen LogP contribution in [0.5, 0.6) is 0 Å². The average molecular weight is 304 g/mol. The molecule has 0 saturated carbocycles. The molecule has 5 nitrogen and oxygen atoms in total. The van der Waals surface area contributed by atoms with E-state index >= 15 is 0 Å². The number of carbonyl (C=O) groups excluding carboxylic acids is 1. The van der Waals surface area contributed by atoms with Gasteiger partial charge in [0.2, 0.25) is 5.91 Å². The van der Waals surface area contributed by atoms with Crippen molar-refractivity contribution in [3.63, 3.8) is 0 Å². The molecule has 0 aromatic heterocycles. The molecular weight excluding hydrogens is 280 g/mol. The van der Waals surface area contributed by atoms with Crippen molar-refractivity contribution in [2.75, 3.05) is 13.1 Å². The zero-order valence-corrected chi connectivity index (χ0v) is 13.4. The number of nitrogens with one attached hydrogen (secondary N) is 1. The van der Waals surface area contributed by atoms with Gasteiger partial charge >= 0.3 is 5.97 Å². The van der Waals surface area contributed by atoms with Gasteiger partial charge in [0.05, 0.1) is 12.6 Å². The molecule has 1 aliphatic heterocycles. The molecule has 1 aromatic rings. The zero-order chi connectivity index (χ0) is 16.3. The minimum Gasteiger partial charge on any atom is -0.480 e. The van der Waals surface area contributed by atoms with Gasteiger partial charge < -0.3 is 10.4 Å². The lowest BCUT2D eigenvalue weighted by Gasteiger charge is -2.22. The summed E-state index contributed by atoms with van der Waals surface area (Å²) in [5.74, 6) is -0.966. The summed E-state index contributed by atoms with van der Waals surface area (Å²) < 4.78 is 0. The normalized spacial score (nSPS) is 19.9. The maximum absolute atomic E-state index is 12.2. The highest BCUT2D eigenvalue weighted by molar-refractivity contribution is 5.80. The van der Waals surface area contributed by atoms with Crippen molar-refractivity contribution in [2.45, 2.75) is 45.7 Å². The summed E-state index contributed by atoms with van der Waals surface area (Å²) in [6.07, 6.45) is 1.45. The number of hydrogen-bond acceptors (Lipinski definition) is 3. The summed E-state index contributed by atoms with van der Waals surface area (Å²) in [6, 6.07) is 5.54. The van der Waals surface area contributed by atoms with Gasteiger partial charge in [-0.25, -0.2) is 0 Å². The van der Waals surface area contributed by atoms with E-state index < -0.39 is 12.0 Å². The fourth-order valence-corrected chi connectivity index (χ4v) is 2.88. The molecule has 0 unspecified atom stereocenters. The van der Waals surface area contributed by atoms with E-state index in [1.807, 2.05) is 19.1 Å². The number of benzene rings is 1. The minimum absolute atomic E-state index is 0.0855. The number of nitrogens with zero attached hydrogens (tertiary/aromatic N) is 1. The van der Waals surface area contributed by atoms with Crippen LogP contribution in [-0.2, 0) is 9.59 Å². The Labute approximate surface area is 131 Å². The number of aliphatic carboxylic acids is 1. The van der Waals surface area contributed by atoms with Crippen LogP contribution in [0.15, 0.2) is 18.2 Å². The number of likely N-dealkylation sites (tertiary alicyclic amines) is 1. The highest BCUT2D eigenvalue weighted by Crippen LogP contribution is 2.18. The Morgan fingerprint density at radius 1 is 1.36 bits per heavy atom. The molecular formula is C17H24N2O3. The number of amides is 1. The summed E-state index contributed by atoms with van der Waals surface area (Å²) in [5, 5.41) is 12.1. The number of carbonyl (C=O) groups is 2. The largest absolute Gasteiger partial charge is 0.480 e. The molecule has 5 heteroatoms. The number of rotatable bonds is 5. The standard InChI is InChI=1S/C17H24N2O3/c1-11-6-7-14(9-12(11)2)13(3)18-16(20)10-19-8-4-5-15(19)17(21)22/h6-7,9,13,15H,4-5,8,10H2,1-3H3,(H,18,20)(H,21,22)/t13-,15+/m1/s1. The predicted molar refractivity (Wildman–Crippen MR) is 84.7 cm³/mol. The topological polar surface area (TPSA) is 69.6 Å². The Bertz CT molecular complexity index is 571. The van der Waals surface area contributed by atoms with Crippen LogP contribution in [0.2, 0.25) is 0 Å². The molecule has 2 N–H and O–H groups in total. The number of carboxylic acid groups (broad SMARTS) is 1. The van der Waals surface area contributed by atoms with Crippen molar-refractivity contribution < 1.29 is 14.7 Å². The van der Waals surface area contributed by atoms with E-state index in [1.165, 1.54) is 11.1 Å². The van der Waals surface area contributed by atoms with Crippen LogP contribution in [0.1, 0.15) is 42.5 Å². The number of aryl methyl sites for hydroxylation is 2. The van der Waals surface area contributed by atoms with Crippen molar-refractivity contribution >= 4 is 11.9 Å². The van der Waals surface area contributed by atoms with Gasteiger partial charge in [-0.2, -0.15) is 0 Å². The molecule has 1 fully saturated rings. The second kappa shape index (κ2) is 6.92. The van der Waals surface area contributed by atoms with Crippen LogP contribution in [-0.4, -0.2) is 41.0 Å². The first kappa shape index (κ1) is 16.5. The maximum Gasteiger partial charge on any atom is 0.320 e. The van der Waals surface area contributed by atoms with Gasteiger partial charge in [0.1, 0.15) is 6.04 Å². The van der Waals surface area contributed by atoms with Crippen LogP contribution in [0, 0.1) is 13.8 Å². The first-order valence-electron chi connectivity index (χ1n) is 7.72. The van der Waals surface area contributed by atoms with Crippen LogP contribution in [0.4, 0.5) is 0 Å². The van der Waals surface area contributed by atoms with Crippen molar-refractivity contribution in [2.24, 2.45) is 0 Å². The maximum atomic E-state index is 12.2. The third-order valence-corrected chi connectivity index (χ3v) is 4.40. The molecule has 1 heterocycles. The molecule has 0 aliphatic carbocycles. The third-order valence-electron chi connectivity index (χ3n) is 4.40. The first-order valence-corrected chi connectivity index (χ1v) is 7.72. The van der Waals surface area contributed by atoms with Crippen LogP contribution < -0.4 is 5.32 Å². The lowest BCUT2D eigenvalue weighted by molar-refractivity contribution is -0.142. The molecule has 0 radical (unpaired) electrons. The zero-order valence-electron chi connectivity index (χ0n) is 13.4. The SMILES string of the molecule is Cc1ccc([C@@H](C)NC(=O)CN2CCC[C@H]2C(=O)O)cc1C. The summed E-state index contributed by atoms with van der Waals surface area (Å²) in [4.78, 5) is 25.0. The van der Waals surface area contributed by atoms with Crippen LogP contribution in [0.3, 0.4) is 0 Å². The molecule has 2 rings (SSSR count). The van der Waals surface area contributed by atoms with E-state index in [4.69, 9.17) is 5.11 Å². The Balaban J connectivity index is 1.93. The second-order valence-electron chi connectivity index (χ2n) is 6.10. The highest BCUT2D eigenvalue weighted by Gasteiger charge is 2.31. The van der Waals surface area contributed by atoms with E-state index in [1.54, 1.807) is 4.90 Å². The van der Waals surface area contributed by atoms with Gasteiger partial charge in [0.15, 0.2) is 0 Å². The second-order valence-corrected chi connectivity index (χ2v) is 6.10. The van der Waals surface area contributed by atoms with E-state index in [0.717, 1.165) is 12.0 Å². The van der Waals surface area contributed by atoms with E-state index in [-0.39, 0.29) is 18.5 Å². The van der Waals surface area contributed by atoms with Crippen molar-refractivity contribution in [3.05, 3.63) is 34.9 Å². The van der Waals surface area contributed by atoms with Crippen LogP contribution in [0.25, 0.3) is 0 Å². The van der Waals surface area contributed by atoms with E-state index in [9.17, 15) is 9.59 Å². The average Bonchev–Trinajstić information content (AvgIpc) is 2.89. The first-order chi connectivity index (χ1) is 10.4. The van der Waals surface area contributed by atoms with Crippen molar-refractivity contribution in [3.8, 4) is 0 Å². The highest BCUT2D eigenvalue weighted by atomic mass is 16.4. The molecule has 0 spiro atoms. The molecule has 1 aliphatic rings. The van der Waals surface area contributed by atoms with Crippen molar-refractivity contribution in [1.82, 2.24) is 10.2 Å². The Morgan fingerprint density at radius 3 is 2.73 bits per heavy atom. The number of carboxylic acids is 1. The van der Waals surface area contributed by atoms with Gasteiger partial charge in [0.25, 0.3) is 0 Å². The smallest absolute Gasteiger partial charge is 0.320 e. The Kier molecular flexibility index (Phi) is 5.19. The quantitative estimate of drug-likeness (QED) is 0.873. The molecule has 120 valence electrons. The lowest BCUT2D eigenvalue weighted by atomic mass is 10.0. The van der Waals surface area contributed by atoms with Gasteiger partial charge in [-0.3, -0.25) is 14.5 Å².